The molecule has 0 saturated heterocycles. The smallest absolute Gasteiger partial charge is 0.157 e. The van der Waals surface area contributed by atoms with Crippen molar-refractivity contribution in [3.05, 3.63) is 35.9 Å². The van der Waals surface area contributed by atoms with Gasteiger partial charge in [-0.05, 0) is 37.7 Å². The molecule has 0 radical (unpaired) electrons. The van der Waals surface area contributed by atoms with Gasteiger partial charge >= 0.3 is 0 Å². The van der Waals surface area contributed by atoms with E-state index in [4.69, 9.17) is 4.99 Å². The van der Waals surface area contributed by atoms with E-state index in [0.717, 1.165) is 18.1 Å². The topological polar surface area (TPSA) is 24.4 Å². The minimum atomic E-state index is 0.448. The summed E-state index contributed by atoms with van der Waals surface area (Å²) in [6.07, 6.45) is 5.25. The van der Waals surface area contributed by atoms with Crippen molar-refractivity contribution in [2.24, 2.45) is 10.9 Å². The Kier molecular flexibility index (Phi) is 4.12. The Morgan fingerprint density at radius 3 is 2.79 bits per heavy atom. The molecule has 19 heavy (non-hydrogen) atoms. The lowest BCUT2D eigenvalue weighted by molar-refractivity contribution is 0.259. The second kappa shape index (κ2) is 6.00. The first-order chi connectivity index (χ1) is 9.31. The highest BCUT2D eigenvalue weighted by atomic mass is 32.2. The molecule has 0 bridgehead atoms. The van der Waals surface area contributed by atoms with E-state index in [9.17, 15) is 0 Å². The maximum absolute atomic E-state index is 4.83. The summed E-state index contributed by atoms with van der Waals surface area (Å²) in [6.45, 7) is 2.30. The van der Waals surface area contributed by atoms with Crippen molar-refractivity contribution in [1.82, 2.24) is 5.32 Å². The standard InChI is InChI=1S/C16H22N2S/c1-12(14-8-5-9-14)17-16-18-15(11-19-16)10-13-6-3-2-4-7-13/h2-4,6-7,12,14-15H,5,8-11H2,1H3,(H,17,18). The summed E-state index contributed by atoms with van der Waals surface area (Å²) in [4.78, 5) is 4.83. The summed E-state index contributed by atoms with van der Waals surface area (Å²) in [6, 6.07) is 11.7. The van der Waals surface area contributed by atoms with Crippen LogP contribution in [0.1, 0.15) is 31.7 Å². The van der Waals surface area contributed by atoms with Gasteiger partial charge in [-0.15, -0.1) is 0 Å². The fourth-order valence-electron chi connectivity index (χ4n) is 2.74. The van der Waals surface area contributed by atoms with Crippen molar-refractivity contribution in [2.45, 2.75) is 44.7 Å². The second-order valence-corrected chi connectivity index (χ2v) is 6.72. The normalized spacial score (nSPS) is 24.7. The number of thioether (sulfide) groups is 1. The number of aliphatic imine (C=N–C) groups is 1. The minimum absolute atomic E-state index is 0.448. The molecule has 0 spiro atoms. The van der Waals surface area contributed by atoms with Crippen molar-refractivity contribution in [1.29, 1.82) is 0 Å². The third-order valence-electron chi connectivity index (χ3n) is 4.23. The molecular formula is C16H22N2S. The van der Waals surface area contributed by atoms with E-state index in [1.807, 2.05) is 11.8 Å². The summed E-state index contributed by atoms with van der Waals surface area (Å²) in [7, 11) is 0. The van der Waals surface area contributed by atoms with Gasteiger partial charge in [0.15, 0.2) is 5.17 Å². The van der Waals surface area contributed by atoms with Crippen molar-refractivity contribution in [3.8, 4) is 0 Å². The maximum Gasteiger partial charge on any atom is 0.157 e. The maximum atomic E-state index is 4.83. The summed E-state index contributed by atoms with van der Waals surface area (Å²) in [5, 5.41) is 4.78. The lowest BCUT2D eigenvalue weighted by Crippen LogP contribution is -2.39. The van der Waals surface area contributed by atoms with Gasteiger partial charge in [-0.3, -0.25) is 4.99 Å². The van der Waals surface area contributed by atoms with Crippen LogP contribution in [0.25, 0.3) is 0 Å². The van der Waals surface area contributed by atoms with Crippen LogP contribution in [0.3, 0.4) is 0 Å². The molecule has 3 rings (SSSR count). The van der Waals surface area contributed by atoms with Gasteiger partial charge in [-0.1, -0.05) is 48.5 Å². The van der Waals surface area contributed by atoms with Crippen LogP contribution in [0.5, 0.6) is 0 Å². The average molecular weight is 274 g/mol. The third kappa shape index (κ3) is 3.33. The Morgan fingerprint density at radius 2 is 2.11 bits per heavy atom. The Bertz CT molecular complexity index is 439. The highest BCUT2D eigenvalue weighted by Crippen LogP contribution is 2.30. The molecule has 1 aliphatic heterocycles. The molecule has 3 heteroatoms. The number of amidine groups is 1. The van der Waals surface area contributed by atoms with Crippen LogP contribution in [-0.4, -0.2) is 23.0 Å². The monoisotopic (exact) mass is 274 g/mol. The fourth-order valence-corrected chi connectivity index (χ4v) is 3.77. The van der Waals surface area contributed by atoms with Crippen LogP contribution >= 0.6 is 11.8 Å². The summed E-state index contributed by atoms with van der Waals surface area (Å²) in [5.74, 6) is 1.99. The van der Waals surface area contributed by atoms with Gasteiger partial charge < -0.3 is 5.32 Å². The van der Waals surface area contributed by atoms with Gasteiger partial charge in [0.2, 0.25) is 0 Å². The number of rotatable bonds is 4. The zero-order valence-electron chi connectivity index (χ0n) is 11.5. The largest absolute Gasteiger partial charge is 0.362 e. The number of nitrogens with one attached hydrogen (secondary N) is 1. The van der Waals surface area contributed by atoms with Crippen LogP contribution in [0, 0.1) is 5.92 Å². The molecule has 2 unspecified atom stereocenters. The number of benzene rings is 1. The van der Waals surface area contributed by atoms with Gasteiger partial charge in [0, 0.05) is 11.8 Å². The SMILES string of the molecule is CC(NC1=NC(Cc2ccccc2)CS1)C1CCC1. The molecule has 102 valence electrons. The molecule has 2 aliphatic rings. The summed E-state index contributed by atoms with van der Waals surface area (Å²) in [5.41, 5.74) is 1.39. The van der Waals surface area contributed by atoms with Gasteiger partial charge in [0.25, 0.3) is 0 Å². The molecule has 2 nitrogen and oxygen atoms in total. The van der Waals surface area contributed by atoms with Crippen LogP contribution in [0.4, 0.5) is 0 Å². The number of nitrogens with zero attached hydrogens (tertiary/aromatic N) is 1. The first-order valence-corrected chi connectivity index (χ1v) is 8.31. The Hall–Kier alpha value is -0.960. The van der Waals surface area contributed by atoms with E-state index < -0.39 is 0 Å². The summed E-state index contributed by atoms with van der Waals surface area (Å²) < 4.78 is 0. The summed E-state index contributed by atoms with van der Waals surface area (Å²) >= 11 is 1.89. The lowest BCUT2D eigenvalue weighted by atomic mass is 9.80. The molecule has 1 aromatic carbocycles. The van der Waals surface area contributed by atoms with Crippen molar-refractivity contribution >= 4 is 16.9 Å². The third-order valence-corrected chi connectivity index (χ3v) is 5.28. The number of hydrogen-bond donors (Lipinski definition) is 1. The Balaban J connectivity index is 1.52. The molecule has 1 aliphatic carbocycles. The van der Waals surface area contributed by atoms with E-state index in [-0.39, 0.29) is 0 Å². The molecule has 1 saturated carbocycles. The Morgan fingerprint density at radius 1 is 1.32 bits per heavy atom. The van der Waals surface area contributed by atoms with E-state index >= 15 is 0 Å². The Labute approximate surface area is 120 Å². The molecule has 1 fully saturated rings. The van der Waals surface area contributed by atoms with E-state index in [0.29, 0.717) is 12.1 Å². The highest BCUT2D eigenvalue weighted by Gasteiger charge is 2.26. The quantitative estimate of drug-likeness (QED) is 0.909. The van der Waals surface area contributed by atoms with Crippen molar-refractivity contribution in [3.63, 3.8) is 0 Å². The molecule has 2 atom stereocenters. The fraction of sp³-hybridized carbons (Fsp3) is 0.562. The molecule has 0 amide bonds. The van der Waals surface area contributed by atoms with E-state index in [2.05, 4.69) is 42.6 Å². The van der Waals surface area contributed by atoms with E-state index in [1.54, 1.807) is 0 Å². The van der Waals surface area contributed by atoms with Crippen LogP contribution in [0.15, 0.2) is 35.3 Å². The van der Waals surface area contributed by atoms with Crippen LogP contribution in [-0.2, 0) is 6.42 Å². The van der Waals surface area contributed by atoms with Crippen molar-refractivity contribution in [2.75, 3.05) is 5.75 Å². The van der Waals surface area contributed by atoms with Crippen molar-refractivity contribution < 1.29 is 0 Å². The van der Waals surface area contributed by atoms with Crippen LogP contribution < -0.4 is 5.32 Å². The van der Waals surface area contributed by atoms with Gasteiger partial charge in [0.1, 0.15) is 0 Å². The van der Waals surface area contributed by atoms with Gasteiger partial charge in [0.05, 0.1) is 6.04 Å². The molecule has 1 aromatic rings. The zero-order chi connectivity index (χ0) is 13.1. The first-order valence-electron chi connectivity index (χ1n) is 7.32. The highest BCUT2D eigenvalue weighted by molar-refractivity contribution is 8.14. The predicted molar refractivity (Wildman–Crippen MR) is 83.8 cm³/mol. The minimum Gasteiger partial charge on any atom is -0.362 e. The van der Waals surface area contributed by atoms with E-state index in [1.165, 1.54) is 30.0 Å². The van der Waals surface area contributed by atoms with Gasteiger partial charge in [-0.2, -0.15) is 0 Å². The molecular weight excluding hydrogens is 252 g/mol. The molecule has 1 N–H and O–H groups in total. The molecule has 1 heterocycles. The van der Waals surface area contributed by atoms with Crippen LogP contribution in [0.2, 0.25) is 0 Å². The molecule has 0 aromatic heterocycles. The predicted octanol–water partition coefficient (Wildman–Crippen LogP) is 3.48. The second-order valence-electron chi connectivity index (χ2n) is 5.71. The van der Waals surface area contributed by atoms with Gasteiger partial charge in [-0.25, -0.2) is 0 Å². The lowest BCUT2D eigenvalue weighted by Gasteiger charge is -2.32. The first kappa shape index (κ1) is 13.0. The number of hydrogen-bond acceptors (Lipinski definition) is 3. The zero-order valence-corrected chi connectivity index (χ0v) is 12.3. The average Bonchev–Trinajstić information content (AvgIpc) is 2.75.